The highest BCUT2D eigenvalue weighted by Gasteiger charge is 2.36. The molecular formula is C17H23Cl3N2O2. The molecule has 3 unspecified atom stereocenters. The maximum absolute atomic E-state index is 11.6. The number of alkyl halides is 3. The van der Waals surface area contributed by atoms with Crippen molar-refractivity contribution in [1.29, 1.82) is 0 Å². The molecule has 1 aromatic rings. The van der Waals surface area contributed by atoms with Crippen molar-refractivity contribution in [3.8, 4) is 0 Å². The Morgan fingerprint density at radius 1 is 1.08 bits per heavy atom. The van der Waals surface area contributed by atoms with Crippen LogP contribution in [-0.2, 0) is 0 Å². The molecule has 0 aliphatic heterocycles. The Morgan fingerprint density at radius 3 is 2.29 bits per heavy atom. The Hall–Kier alpha value is -0.450. The van der Waals surface area contributed by atoms with Crippen LogP contribution >= 0.6 is 34.8 Å². The molecule has 3 rings (SSSR count). The highest BCUT2D eigenvalue weighted by atomic mass is 35.5. The van der Waals surface area contributed by atoms with Crippen LogP contribution in [0.3, 0.4) is 0 Å². The Morgan fingerprint density at radius 2 is 1.71 bits per heavy atom. The molecule has 0 saturated heterocycles. The van der Waals surface area contributed by atoms with Crippen LogP contribution in [0.1, 0.15) is 78.7 Å². The lowest BCUT2D eigenvalue weighted by atomic mass is 9.84. The summed E-state index contributed by atoms with van der Waals surface area (Å²) in [4.78, 5) is 11.6. The molecule has 0 spiro atoms. The molecule has 2 aliphatic carbocycles. The van der Waals surface area contributed by atoms with Gasteiger partial charge in [0.15, 0.2) is 5.69 Å². The van der Waals surface area contributed by atoms with Crippen molar-refractivity contribution in [2.75, 3.05) is 0 Å². The van der Waals surface area contributed by atoms with Crippen LogP contribution in [0, 0.1) is 6.92 Å². The lowest BCUT2D eigenvalue weighted by Crippen LogP contribution is -2.31. The number of nitrogens with zero attached hydrogens (tertiary/aromatic N) is 2. The quantitative estimate of drug-likeness (QED) is 0.727. The number of carboxylic acid groups (broad SMARTS) is 1. The third kappa shape index (κ3) is 3.56. The normalized spacial score (nSPS) is 34.2. The van der Waals surface area contributed by atoms with Gasteiger partial charge in [0, 0.05) is 27.9 Å². The second kappa shape index (κ2) is 7.43. The summed E-state index contributed by atoms with van der Waals surface area (Å²) >= 11 is 19.0. The first-order chi connectivity index (χ1) is 11.4. The molecule has 0 aromatic carbocycles. The average Bonchev–Trinajstić information content (AvgIpc) is 2.86. The van der Waals surface area contributed by atoms with Crippen molar-refractivity contribution in [2.45, 2.75) is 80.0 Å². The van der Waals surface area contributed by atoms with Gasteiger partial charge in [0.1, 0.15) is 0 Å². The molecule has 7 heteroatoms. The zero-order valence-corrected chi connectivity index (χ0v) is 16.0. The Kier molecular flexibility index (Phi) is 5.68. The molecule has 2 saturated carbocycles. The zero-order valence-electron chi connectivity index (χ0n) is 13.7. The minimum Gasteiger partial charge on any atom is -0.476 e. The highest BCUT2D eigenvalue weighted by molar-refractivity contribution is 6.24. The minimum absolute atomic E-state index is 0.0113. The molecule has 0 bridgehead atoms. The van der Waals surface area contributed by atoms with E-state index in [9.17, 15) is 9.90 Å². The van der Waals surface area contributed by atoms with E-state index in [0.29, 0.717) is 5.92 Å². The van der Waals surface area contributed by atoms with E-state index in [1.165, 1.54) is 0 Å². The van der Waals surface area contributed by atoms with E-state index in [0.717, 1.165) is 56.2 Å². The largest absolute Gasteiger partial charge is 0.476 e. The summed E-state index contributed by atoms with van der Waals surface area (Å²) in [5.74, 6) is -0.672. The van der Waals surface area contributed by atoms with E-state index in [-0.39, 0.29) is 27.9 Å². The molecule has 2 aliphatic rings. The van der Waals surface area contributed by atoms with Gasteiger partial charge in [-0.25, -0.2) is 4.79 Å². The summed E-state index contributed by atoms with van der Waals surface area (Å²) in [6.45, 7) is 1.87. The molecule has 4 nitrogen and oxygen atoms in total. The zero-order chi connectivity index (χ0) is 17.4. The number of hydrogen-bond acceptors (Lipinski definition) is 2. The van der Waals surface area contributed by atoms with Gasteiger partial charge in [0.25, 0.3) is 0 Å². The fraction of sp³-hybridized carbons (Fsp3) is 0.765. The predicted molar refractivity (Wildman–Crippen MR) is 96.9 cm³/mol. The van der Waals surface area contributed by atoms with Gasteiger partial charge in [0.05, 0.1) is 11.4 Å². The van der Waals surface area contributed by atoms with Gasteiger partial charge in [0.2, 0.25) is 0 Å². The van der Waals surface area contributed by atoms with E-state index in [4.69, 9.17) is 34.8 Å². The van der Waals surface area contributed by atoms with Crippen LogP contribution in [0.15, 0.2) is 0 Å². The van der Waals surface area contributed by atoms with Crippen LogP contribution in [0.2, 0.25) is 0 Å². The van der Waals surface area contributed by atoms with Gasteiger partial charge >= 0.3 is 5.97 Å². The first kappa shape index (κ1) is 18.3. The summed E-state index contributed by atoms with van der Waals surface area (Å²) in [5.41, 5.74) is 1.96. The van der Waals surface area contributed by atoms with Crippen LogP contribution in [0.5, 0.6) is 0 Å². The third-order valence-corrected chi connectivity index (χ3v) is 6.73. The molecule has 2 fully saturated rings. The van der Waals surface area contributed by atoms with Gasteiger partial charge in [-0.1, -0.05) is 0 Å². The Bertz CT molecular complexity index is 611. The van der Waals surface area contributed by atoms with Crippen molar-refractivity contribution in [3.05, 3.63) is 17.0 Å². The summed E-state index contributed by atoms with van der Waals surface area (Å²) < 4.78 is 1.92. The SMILES string of the molecule is Cc1c(C(=O)O)nn(C2CCC(Cl)CC2Cl)c1C1CCC(Cl)CC1. The third-order valence-electron chi connectivity index (χ3n) is 5.43. The number of halogens is 3. The fourth-order valence-corrected chi connectivity index (χ4v) is 5.24. The van der Waals surface area contributed by atoms with Crippen LogP contribution < -0.4 is 0 Å². The van der Waals surface area contributed by atoms with Crippen LogP contribution in [0.4, 0.5) is 0 Å². The minimum atomic E-state index is -0.976. The Balaban J connectivity index is 1.98. The lowest BCUT2D eigenvalue weighted by molar-refractivity contribution is 0.0688. The summed E-state index contributed by atoms with van der Waals surface area (Å²) in [6.07, 6.45) is 6.29. The standard InChI is InChI=1S/C17H23Cl3N2O2/c1-9-15(17(23)24)21-22(14-7-6-12(19)8-13(14)20)16(9)10-2-4-11(18)5-3-10/h10-14H,2-8H2,1H3,(H,23,24). The molecule has 0 radical (unpaired) electrons. The van der Waals surface area contributed by atoms with Gasteiger partial charge in [-0.15, -0.1) is 34.8 Å². The van der Waals surface area contributed by atoms with E-state index >= 15 is 0 Å². The van der Waals surface area contributed by atoms with Crippen molar-refractivity contribution < 1.29 is 9.90 Å². The van der Waals surface area contributed by atoms with Crippen molar-refractivity contribution in [2.24, 2.45) is 0 Å². The molecule has 1 N–H and O–H groups in total. The van der Waals surface area contributed by atoms with Crippen molar-refractivity contribution >= 4 is 40.8 Å². The van der Waals surface area contributed by atoms with E-state index in [1.54, 1.807) is 0 Å². The van der Waals surface area contributed by atoms with Crippen molar-refractivity contribution in [1.82, 2.24) is 9.78 Å². The van der Waals surface area contributed by atoms with Gasteiger partial charge in [-0.05, 0) is 51.9 Å². The van der Waals surface area contributed by atoms with E-state index in [2.05, 4.69) is 5.10 Å². The van der Waals surface area contributed by atoms with Gasteiger partial charge < -0.3 is 5.11 Å². The summed E-state index contributed by atoms with van der Waals surface area (Å²) in [7, 11) is 0. The number of aromatic nitrogens is 2. The molecule has 24 heavy (non-hydrogen) atoms. The van der Waals surface area contributed by atoms with Gasteiger partial charge in [-0.2, -0.15) is 5.10 Å². The highest BCUT2D eigenvalue weighted by Crippen LogP contribution is 2.42. The predicted octanol–water partition coefficient (Wildman–Crippen LogP) is 5.09. The number of hydrogen-bond donors (Lipinski definition) is 1. The Labute approximate surface area is 157 Å². The number of carboxylic acids is 1. The van der Waals surface area contributed by atoms with E-state index in [1.807, 2.05) is 11.6 Å². The first-order valence-corrected chi connectivity index (χ1v) is 9.94. The lowest BCUT2D eigenvalue weighted by Gasteiger charge is -2.34. The summed E-state index contributed by atoms with van der Waals surface area (Å²) in [5, 5.41) is 14.2. The summed E-state index contributed by atoms with van der Waals surface area (Å²) in [6, 6.07) is 0.0113. The van der Waals surface area contributed by atoms with Crippen LogP contribution in [-0.4, -0.2) is 37.0 Å². The van der Waals surface area contributed by atoms with Gasteiger partial charge in [-0.3, -0.25) is 4.68 Å². The smallest absolute Gasteiger partial charge is 0.356 e. The van der Waals surface area contributed by atoms with E-state index < -0.39 is 5.97 Å². The molecule has 1 heterocycles. The average molecular weight is 394 g/mol. The number of carbonyl (C=O) groups is 1. The first-order valence-electron chi connectivity index (χ1n) is 8.63. The topological polar surface area (TPSA) is 55.1 Å². The van der Waals surface area contributed by atoms with Crippen LogP contribution in [0.25, 0.3) is 0 Å². The fourth-order valence-electron chi connectivity index (χ4n) is 4.13. The monoisotopic (exact) mass is 392 g/mol. The second-order valence-corrected chi connectivity index (χ2v) is 8.85. The number of aromatic carboxylic acids is 1. The second-order valence-electron chi connectivity index (χ2n) is 7.05. The molecule has 1 aromatic heterocycles. The molecule has 3 atom stereocenters. The maximum Gasteiger partial charge on any atom is 0.356 e. The molecular weight excluding hydrogens is 371 g/mol. The van der Waals surface area contributed by atoms with Crippen molar-refractivity contribution in [3.63, 3.8) is 0 Å². The molecule has 134 valence electrons. The maximum atomic E-state index is 11.6. The molecule has 0 amide bonds. The number of rotatable bonds is 3.